The van der Waals surface area contributed by atoms with Gasteiger partial charge in [0.15, 0.2) is 5.58 Å². The summed E-state index contributed by atoms with van der Waals surface area (Å²) in [6.07, 6.45) is 1.64. The van der Waals surface area contributed by atoms with Crippen molar-refractivity contribution in [3.8, 4) is 11.8 Å². The summed E-state index contributed by atoms with van der Waals surface area (Å²) in [4.78, 5) is 4.31. The molecule has 1 aromatic heterocycles. The number of ether oxygens (including phenoxy) is 1. The molecule has 27 heavy (non-hydrogen) atoms. The summed E-state index contributed by atoms with van der Waals surface area (Å²) in [7, 11) is 0. The second kappa shape index (κ2) is 7.25. The predicted molar refractivity (Wildman–Crippen MR) is 105 cm³/mol. The Morgan fingerprint density at radius 1 is 0.926 bits per heavy atom. The Hall–Kier alpha value is -3.11. The normalized spacial score (nSPS) is 13.4. The summed E-state index contributed by atoms with van der Waals surface area (Å²) in [5, 5.41) is 10.7. The van der Waals surface area contributed by atoms with Crippen molar-refractivity contribution >= 4 is 11.1 Å². The summed E-state index contributed by atoms with van der Waals surface area (Å²) < 4.78 is 11.3. The van der Waals surface area contributed by atoms with Gasteiger partial charge in [-0.1, -0.05) is 54.6 Å². The fourth-order valence-electron chi connectivity index (χ4n) is 3.05. The Balaban J connectivity index is 1.40. The van der Waals surface area contributed by atoms with Crippen LogP contribution in [0.1, 0.15) is 24.5 Å². The van der Waals surface area contributed by atoms with Crippen LogP contribution in [0.5, 0.6) is 11.8 Å². The molecule has 0 spiro atoms. The van der Waals surface area contributed by atoms with Gasteiger partial charge in [-0.05, 0) is 55.2 Å². The highest BCUT2D eigenvalue weighted by molar-refractivity contribution is 5.72. The molecule has 4 rings (SSSR count). The first kappa shape index (κ1) is 17.3. The van der Waals surface area contributed by atoms with Gasteiger partial charge in [0.25, 0.3) is 0 Å². The van der Waals surface area contributed by atoms with Crippen LogP contribution in [0.2, 0.25) is 0 Å². The van der Waals surface area contributed by atoms with Gasteiger partial charge in [-0.25, -0.2) is 0 Å². The Morgan fingerprint density at radius 2 is 1.63 bits per heavy atom. The molecular formula is C23H21NO3. The number of oxazole rings is 1. The minimum atomic E-state index is -0.853. The number of aromatic nitrogens is 1. The van der Waals surface area contributed by atoms with Crippen molar-refractivity contribution in [2.24, 2.45) is 0 Å². The average molecular weight is 359 g/mol. The third-order valence-corrected chi connectivity index (χ3v) is 4.70. The maximum atomic E-state index is 10.7. The lowest BCUT2D eigenvalue weighted by Crippen LogP contribution is -2.21. The summed E-state index contributed by atoms with van der Waals surface area (Å²) in [6, 6.07) is 25.1. The molecule has 0 bridgehead atoms. The van der Waals surface area contributed by atoms with Crippen LogP contribution < -0.4 is 4.74 Å². The zero-order valence-electron chi connectivity index (χ0n) is 15.1. The molecule has 0 aliphatic heterocycles. The Labute approximate surface area is 158 Å². The van der Waals surface area contributed by atoms with Gasteiger partial charge in [0.1, 0.15) is 11.3 Å². The molecular weight excluding hydrogens is 338 g/mol. The van der Waals surface area contributed by atoms with Crippen LogP contribution in [0.4, 0.5) is 0 Å². The number of aryl methyl sites for hydroxylation is 1. The molecule has 4 heteroatoms. The molecule has 0 aliphatic rings. The highest BCUT2D eigenvalue weighted by Crippen LogP contribution is 2.28. The van der Waals surface area contributed by atoms with Crippen LogP contribution in [-0.4, -0.2) is 10.1 Å². The standard InChI is InChI=1S/C23H21NO3/c1-23(25,18-7-3-2-4-8-18)16-15-17-11-13-19(14-12-17)26-22-24-20-9-5-6-10-21(20)27-22/h2-14,25H,15-16H2,1H3. The van der Waals surface area contributed by atoms with Crippen LogP contribution >= 0.6 is 0 Å². The highest BCUT2D eigenvalue weighted by atomic mass is 16.6. The quantitative estimate of drug-likeness (QED) is 0.497. The smallest absolute Gasteiger partial charge is 0.400 e. The van der Waals surface area contributed by atoms with E-state index >= 15 is 0 Å². The summed E-state index contributed by atoms with van der Waals surface area (Å²) in [6.45, 7) is 1.85. The van der Waals surface area contributed by atoms with Crippen molar-refractivity contribution in [1.82, 2.24) is 4.98 Å². The molecule has 3 aromatic carbocycles. The fourth-order valence-corrected chi connectivity index (χ4v) is 3.05. The van der Waals surface area contributed by atoms with Gasteiger partial charge in [-0.2, -0.15) is 4.98 Å². The number of fused-ring (bicyclic) bond motifs is 1. The van der Waals surface area contributed by atoms with E-state index in [0.717, 1.165) is 23.1 Å². The topological polar surface area (TPSA) is 55.5 Å². The number of hydrogen-bond donors (Lipinski definition) is 1. The van der Waals surface area contributed by atoms with Crippen molar-refractivity contribution in [2.75, 3.05) is 0 Å². The Kier molecular flexibility index (Phi) is 4.65. The van der Waals surface area contributed by atoms with Gasteiger partial charge < -0.3 is 14.3 Å². The van der Waals surface area contributed by atoms with Crippen molar-refractivity contribution in [2.45, 2.75) is 25.4 Å². The first-order chi connectivity index (χ1) is 13.1. The number of para-hydroxylation sites is 2. The number of hydrogen-bond acceptors (Lipinski definition) is 4. The molecule has 0 amide bonds. The van der Waals surface area contributed by atoms with Gasteiger partial charge in [0, 0.05) is 0 Å². The first-order valence-electron chi connectivity index (χ1n) is 9.00. The van der Waals surface area contributed by atoms with E-state index in [1.165, 1.54) is 0 Å². The average Bonchev–Trinajstić information content (AvgIpc) is 3.10. The minimum absolute atomic E-state index is 0.232. The third kappa shape index (κ3) is 4.01. The van der Waals surface area contributed by atoms with Gasteiger partial charge >= 0.3 is 6.08 Å². The molecule has 1 unspecified atom stereocenters. The molecule has 1 atom stereocenters. The van der Waals surface area contributed by atoms with Gasteiger partial charge in [0.05, 0.1) is 5.60 Å². The van der Waals surface area contributed by atoms with Gasteiger partial charge in [-0.15, -0.1) is 0 Å². The monoisotopic (exact) mass is 359 g/mol. The van der Waals surface area contributed by atoms with Crippen molar-refractivity contribution in [3.63, 3.8) is 0 Å². The highest BCUT2D eigenvalue weighted by Gasteiger charge is 2.22. The van der Waals surface area contributed by atoms with Crippen LogP contribution in [0.15, 0.2) is 83.3 Å². The molecule has 1 N–H and O–H groups in total. The second-order valence-corrected chi connectivity index (χ2v) is 6.83. The Bertz CT molecular complexity index is 987. The summed E-state index contributed by atoms with van der Waals surface area (Å²) in [5.74, 6) is 0.667. The molecule has 4 aromatic rings. The van der Waals surface area contributed by atoms with E-state index in [0.29, 0.717) is 17.8 Å². The van der Waals surface area contributed by atoms with E-state index in [9.17, 15) is 5.11 Å². The SMILES string of the molecule is CC(O)(CCc1ccc(Oc2nc3ccccc3o2)cc1)c1ccccc1. The lowest BCUT2D eigenvalue weighted by molar-refractivity contribution is 0.0480. The molecule has 0 fully saturated rings. The maximum Gasteiger partial charge on any atom is 0.400 e. The number of nitrogens with zero attached hydrogens (tertiary/aromatic N) is 1. The number of rotatable bonds is 6. The van der Waals surface area contributed by atoms with E-state index < -0.39 is 5.60 Å². The third-order valence-electron chi connectivity index (χ3n) is 4.70. The predicted octanol–water partition coefficient (Wildman–Crippen LogP) is 5.46. The van der Waals surface area contributed by atoms with Crippen molar-refractivity contribution < 1.29 is 14.3 Å². The lowest BCUT2D eigenvalue weighted by atomic mass is 9.89. The van der Waals surface area contributed by atoms with E-state index in [4.69, 9.17) is 9.15 Å². The summed E-state index contributed by atoms with van der Waals surface area (Å²) in [5.41, 5.74) is 2.69. The minimum Gasteiger partial charge on any atom is -0.411 e. The van der Waals surface area contributed by atoms with Gasteiger partial charge in [0.2, 0.25) is 0 Å². The second-order valence-electron chi connectivity index (χ2n) is 6.83. The molecule has 1 heterocycles. The molecule has 0 radical (unpaired) electrons. The van der Waals surface area contributed by atoms with E-state index in [1.807, 2.05) is 85.8 Å². The zero-order chi connectivity index (χ0) is 18.7. The van der Waals surface area contributed by atoms with Crippen molar-refractivity contribution in [1.29, 1.82) is 0 Å². The first-order valence-corrected chi connectivity index (χ1v) is 9.00. The van der Waals surface area contributed by atoms with Crippen LogP contribution in [0.25, 0.3) is 11.1 Å². The van der Waals surface area contributed by atoms with Crippen LogP contribution in [-0.2, 0) is 12.0 Å². The van der Waals surface area contributed by atoms with Crippen molar-refractivity contribution in [3.05, 3.63) is 90.0 Å². The molecule has 0 saturated heterocycles. The molecule has 4 nitrogen and oxygen atoms in total. The van der Waals surface area contributed by atoms with E-state index in [1.54, 1.807) is 0 Å². The number of benzene rings is 3. The van der Waals surface area contributed by atoms with E-state index in [2.05, 4.69) is 4.98 Å². The largest absolute Gasteiger partial charge is 0.411 e. The van der Waals surface area contributed by atoms with Crippen LogP contribution in [0, 0.1) is 0 Å². The Morgan fingerprint density at radius 3 is 2.37 bits per heavy atom. The van der Waals surface area contributed by atoms with Gasteiger partial charge in [-0.3, -0.25) is 0 Å². The van der Waals surface area contributed by atoms with E-state index in [-0.39, 0.29) is 6.08 Å². The fraction of sp³-hybridized carbons (Fsp3) is 0.174. The zero-order valence-corrected chi connectivity index (χ0v) is 15.1. The molecule has 0 saturated carbocycles. The number of aliphatic hydroxyl groups is 1. The molecule has 136 valence electrons. The maximum absolute atomic E-state index is 10.7. The van der Waals surface area contributed by atoms with Crippen LogP contribution in [0.3, 0.4) is 0 Å². The summed E-state index contributed by atoms with van der Waals surface area (Å²) >= 11 is 0. The lowest BCUT2D eigenvalue weighted by Gasteiger charge is -2.23. The molecule has 0 aliphatic carbocycles.